The van der Waals surface area contributed by atoms with Crippen LogP contribution in [-0.4, -0.2) is 6.54 Å². The Kier molecular flexibility index (Phi) is 2.50. The Balaban J connectivity index is 2.44. The predicted molar refractivity (Wildman–Crippen MR) is 53.5 cm³/mol. The number of aryl methyl sites for hydroxylation is 1. The topological polar surface area (TPSA) is 39.2 Å². The van der Waals surface area contributed by atoms with Crippen molar-refractivity contribution in [2.75, 3.05) is 6.54 Å². The van der Waals surface area contributed by atoms with E-state index in [-0.39, 0.29) is 5.82 Å². The van der Waals surface area contributed by atoms with Crippen LogP contribution in [0.25, 0.3) is 11.0 Å². The van der Waals surface area contributed by atoms with Gasteiger partial charge in [-0.1, -0.05) is 0 Å². The number of furan rings is 1. The molecule has 1 aromatic heterocycles. The zero-order valence-electron chi connectivity index (χ0n) is 7.79. The van der Waals surface area contributed by atoms with E-state index in [0.717, 1.165) is 29.4 Å². The Morgan fingerprint density at radius 2 is 2.21 bits per heavy atom. The van der Waals surface area contributed by atoms with Crippen molar-refractivity contribution in [3.05, 3.63) is 35.8 Å². The largest absolute Gasteiger partial charge is 0.464 e. The molecule has 0 aliphatic carbocycles. The highest BCUT2D eigenvalue weighted by Gasteiger charge is 2.06. The van der Waals surface area contributed by atoms with Crippen LogP contribution in [0.2, 0.25) is 0 Å². The van der Waals surface area contributed by atoms with Gasteiger partial charge < -0.3 is 10.2 Å². The molecule has 1 aromatic carbocycles. The standard InChI is InChI=1S/C11H12FNO/c12-10-6-8(2-1-4-13)11-9(7-10)3-5-14-11/h3,5-7H,1-2,4,13H2. The molecule has 0 bridgehead atoms. The second-order valence-corrected chi connectivity index (χ2v) is 3.30. The van der Waals surface area contributed by atoms with Crippen LogP contribution in [0, 0.1) is 5.82 Å². The first-order valence-electron chi connectivity index (χ1n) is 4.67. The summed E-state index contributed by atoms with van der Waals surface area (Å²) in [4.78, 5) is 0. The number of hydrogen-bond donors (Lipinski definition) is 1. The molecule has 2 rings (SSSR count). The van der Waals surface area contributed by atoms with E-state index in [9.17, 15) is 4.39 Å². The van der Waals surface area contributed by atoms with Crippen LogP contribution in [0.3, 0.4) is 0 Å². The van der Waals surface area contributed by atoms with Crippen molar-refractivity contribution in [1.29, 1.82) is 0 Å². The average molecular weight is 193 g/mol. The molecule has 0 saturated heterocycles. The summed E-state index contributed by atoms with van der Waals surface area (Å²) < 4.78 is 18.4. The van der Waals surface area contributed by atoms with Gasteiger partial charge in [-0.2, -0.15) is 0 Å². The Morgan fingerprint density at radius 1 is 1.36 bits per heavy atom. The molecule has 0 atom stereocenters. The van der Waals surface area contributed by atoms with Gasteiger partial charge in [-0.25, -0.2) is 4.39 Å². The molecule has 2 aromatic rings. The maximum atomic E-state index is 13.1. The van der Waals surface area contributed by atoms with Gasteiger partial charge in [0.25, 0.3) is 0 Å². The van der Waals surface area contributed by atoms with Gasteiger partial charge in [0.1, 0.15) is 11.4 Å². The van der Waals surface area contributed by atoms with Crippen LogP contribution in [0.1, 0.15) is 12.0 Å². The highest BCUT2D eigenvalue weighted by atomic mass is 19.1. The fourth-order valence-electron chi connectivity index (χ4n) is 1.59. The molecule has 0 amide bonds. The minimum atomic E-state index is -0.217. The minimum absolute atomic E-state index is 0.217. The lowest BCUT2D eigenvalue weighted by atomic mass is 10.1. The van der Waals surface area contributed by atoms with E-state index < -0.39 is 0 Å². The highest BCUT2D eigenvalue weighted by molar-refractivity contribution is 5.80. The fourth-order valence-corrected chi connectivity index (χ4v) is 1.59. The number of rotatable bonds is 3. The van der Waals surface area contributed by atoms with E-state index >= 15 is 0 Å². The molecule has 0 aliphatic rings. The molecule has 0 spiro atoms. The van der Waals surface area contributed by atoms with Gasteiger partial charge in [-0.05, 0) is 43.1 Å². The van der Waals surface area contributed by atoms with Crippen LogP contribution in [0.4, 0.5) is 4.39 Å². The lowest BCUT2D eigenvalue weighted by molar-refractivity contribution is 0.601. The molecule has 0 fully saturated rings. The van der Waals surface area contributed by atoms with E-state index in [1.165, 1.54) is 12.1 Å². The average Bonchev–Trinajstić information content (AvgIpc) is 2.61. The van der Waals surface area contributed by atoms with Crippen LogP contribution in [0.5, 0.6) is 0 Å². The molecular weight excluding hydrogens is 181 g/mol. The minimum Gasteiger partial charge on any atom is -0.464 e. The Hall–Kier alpha value is -1.35. The maximum absolute atomic E-state index is 13.1. The van der Waals surface area contributed by atoms with Crippen molar-refractivity contribution in [2.45, 2.75) is 12.8 Å². The molecule has 3 heteroatoms. The third kappa shape index (κ3) is 1.63. The van der Waals surface area contributed by atoms with E-state index in [4.69, 9.17) is 10.2 Å². The van der Waals surface area contributed by atoms with Gasteiger partial charge in [-0.3, -0.25) is 0 Å². The number of hydrogen-bond acceptors (Lipinski definition) is 2. The fraction of sp³-hybridized carbons (Fsp3) is 0.273. The number of nitrogens with two attached hydrogens (primary N) is 1. The summed E-state index contributed by atoms with van der Waals surface area (Å²) in [7, 11) is 0. The molecule has 0 saturated carbocycles. The van der Waals surface area contributed by atoms with Gasteiger partial charge >= 0.3 is 0 Å². The summed E-state index contributed by atoms with van der Waals surface area (Å²) in [6.07, 6.45) is 3.19. The summed E-state index contributed by atoms with van der Waals surface area (Å²) in [6.45, 7) is 0.610. The van der Waals surface area contributed by atoms with Crippen molar-refractivity contribution < 1.29 is 8.81 Å². The van der Waals surface area contributed by atoms with Crippen LogP contribution < -0.4 is 5.73 Å². The Bertz CT molecular complexity index is 436. The molecule has 1 heterocycles. The van der Waals surface area contributed by atoms with Crippen molar-refractivity contribution in [1.82, 2.24) is 0 Å². The summed E-state index contributed by atoms with van der Waals surface area (Å²) in [6, 6.07) is 4.76. The van der Waals surface area contributed by atoms with E-state index in [0.29, 0.717) is 6.54 Å². The van der Waals surface area contributed by atoms with Gasteiger partial charge in [0.05, 0.1) is 6.26 Å². The van der Waals surface area contributed by atoms with Crippen LogP contribution >= 0.6 is 0 Å². The van der Waals surface area contributed by atoms with Gasteiger partial charge in [0.15, 0.2) is 0 Å². The van der Waals surface area contributed by atoms with Crippen molar-refractivity contribution >= 4 is 11.0 Å². The second kappa shape index (κ2) is 3.80. The third-order valence-electron chi connectivity index (χ3n) is 2.24. The SMILES string of the molecule is NCCCc1cc(F)cc2ccoc12. The molecule has 14 heavy (non-hydrogen) atoms. The molecule has 0 aliphatic heterocycles. The normalized spacial score (nSPS) is 11.0. The molecule has 2 N–H and O–H groups in total. The summed E-state index contributed by atoms with van der Waals surface area (Å²) >= 11 is 0. The maximum Gasteiger partial charge on any atom is 0.137 e. The van der Waals surface area contributed by atoms with E-state index in [2.05, 4.69) is 0 Å². The zero-order valence-corrected chi connectivity index (χ0v) is 7.79. The summed E-state index contributed by atoms with van der Waals surface area (Å²) in [5.74, 6) is -0.217. The predicted octanol–water partition coefficient (Wildman–Crippen LogP) is 2.46. The second-order valence-electron chi connectivity index (χ2n) is 3.30. The first-order valence-corrected chi connectivity index (χ1v) is 4.67. The Labute approximate surface area is 81.5 Å². The smallest absolute Gasteiger partial charge is 0.137 e. The first kappa shape index (κ1) is 9.21. The monoisotopic (exact) mass is 193 g/mol. The van der Waals surface area contributed by atoms with Gasteiger partial charge in [0.2, 0.25) is 0 Å². The van der Waals surface area contributed by atoms with E-state index in [1.54, 1.807) is 12.3 Å². The summed E-state index contributed by atoms with van der Waals surface area (Å²) in [5.41, 5.74) is 7.09. The lowest BCUT2D eigenvalue weighted by Gasteiger charge is -2.01. The van der Waals surface area contributed by atoms with Crippen molar-refractivity contribution in [3.8, 4) is 0 Å². The van der Waals surface area contributed by atoms with Gasteiger partial charge in [-0.15, -0.1) is 0 Å². The molecule has 74 valence electrons. The quantitative estimate of drug-likeness (QED) is 0.813. The molecule has 0 radical (unpaired) electrons. The van der Waals surface area contributed by atoms with Crippen LogP contribution in [0.15, 0.2) is 28.9 Å². The number of halogens is 1. The highest BCUT2D eigenvalue weighted by Crippen LogP contribution is 2.22. The molecule has 0 unspecified atom stereocenters. The molecule has 2 nitrogen and oxygen atoms in total. The summed E-state index contributed by atoms with van der Waals surface area (Å²) in [5, 5.41) is 0.817. The van der Waals surface area contributed by atoms with Crippen molar-refractivity contribution in [3.63, 3.8) is 0 Å². The zero-order chi connectivity index (χ0) is 9.97. The lowest BCUT2D eigenvalue weighted by Crippen LogP contribution is -2.00. The number of fused-ring (bicyclic) bond motifs is 1. The Morgan fingerprint density at radius 3 is 3.00 bits per heavy atom. The number of benzene rings is 1. The third-order valence-corrected chi connectivity index (χ3v) is 2.24. The van der Waals surface area contributed by atoms with Gasteiger partial charge in [0, 0.05) is 5.39 Å². The first-order chi connectivity index (χ1) is 6.81. The van der Waals surface area contributed by atoms with E-state index in [1.807, 2.05) is 0 Å². The van der Waals surface area contributed by atoms with Crippen LogP contribution in [-0.2, 0) is 6.42 Å². The van der Waals surface area contributed by atoms with Crippen molar-refractivity contribution in [2.24, 2.45) is 5.73 Å². The molecular formula is C11H12FNO.